The van der Waals surface area contributed by atoms with Crippen molar-refractivity contribution in [1.29, 1.82) is 0 Å². The fourth-order valence-corrected chi connectivity index (χ4v) is 2.13. The molecule has 1 aromatic carbocycles. The Labute approximate surface area is 118 Å². The van der Waals surface area contributed by atoms with Crippen LogP contribution in [0.4, 0.5) is 4.39 Å². The van der Waals surface area contributed by atoms with Gasteiger partial charge in [-0.2, -0.15) is 0 Å². The van der Waals surface area contributed by atoms with Crippen molar-refractivity contribution in [2.45, 2.75) is 32.2 Å². The molecule has 1 N–H and O–H groups in total. The Morgan fingerprint density at radius 3 is 2.65 bits per heavy atom. The number of hydrogen-bond acceptors (Lipinski definition) is 2. The molecule has 0 atom stereocenters. The van der Waals surface area contributed by atoms with Crippen LogP contribution in [0.15, 0.2) is 24.3 Å². The molecule has 20 heavy (non-hydrogen) atoms. The van der Waals surface area contributed by atoms with Gasteiger partial charge in [0.1, 0.15) is 5.82 Å². The maximum Gasteiger partial charge on any atom is 0.239 e. The van der Waals surface area contributed by atoms with Crippen molar-refractivity contribution in [3.05, 3.63) is 35.6 Å². The molecule has 0 aromatic heterocycles. The van der Waals surface area contributed by atoms with Gasteiger partial charge < -0.3 is 10.2 Å². The van der Waals surface area contributed by atoms with E-state index in [2.05, 4.69) is 5.32 Å². The van der Waals surface area contributed by atoms with Gasteiger partial charge in [0, 0.05) is 19.5 Å². The maximum atomic E-state index is 13.4. The van der Waals surface area contributed by atoms with Crippen molar-refractivity contribution < 1.29 is 14.0 Å². The van der Waals surface area contributed by atoms with Crippen LogP contribution in [0.3, 0.4) is 0 Å². The second-order valence-corrected chi connectivity index (χ2v) is 5.07. The number of halogens is 1. The SMILES string of the molecule is CC(=O)N(CC(=O)NCCc1ccccc1F)C1CC1. The second kappa shape index (κ2) is 6.50. The van der Waals surface area contributed by atoms with Crippen LogP contribution in [0.5, 0.6) is 0 Å². The molecule has 5 heteroatoms. The zero-order valence-electron chi connectivity index (χ0n) is 11.6. The zero-order valence-corrected chi connectivity index (χ0v) is 11.6. The standard InChI is InChI=1S/C15H19FN2O2/c1-11(19)18(13-6-7-13)10-15(20)17-9-8-12-4-2-3-5-14(12)16/h2-5,13H,6-10H2,1H3,(H,17,20). The molecule has 0 radical (unpaired) electrons. The lowest BCUT2D eigenvalue weighted by Gasteiger charge is -2.19. The minimum atomic E-state index is -0.259. The molecule has 1 fully saturated rings. The molecule has 0 bridgehead atoms. The third kappa shape index (κ3) is 4.05. The summed E-state index contributed by atoms with van der Waals surface area (Å²) in [4.78, 5) is 24.8. The van der Waals surface area contributed by atoms with Crippen LogP contribution in [0, 0.1) is 5.82 Å². The maximum absolute atomic E-state index is 13.4. The molecule has 4 nitrogen and oxygen atoms in total. The van der Waals surface area contributed by atoms with E-state index in [1.807, 2.05) is 0 Å². The fraction of sp³-hybridized carbons (Fsp3) is 0.467. The predicted molar refractivity (Wildman–Crippen MR) is 73.5 cm³/mol. The van der Waals surface area contributed by atoms with E-state index < -0.39 is 0 Å². The third-order valence-electron chi connectivity index (χ3n) is 3.38. The van der Waals surface area contributed by atoms with Gasteiger partial charge in [-0.25, -0.2) is 4.39 Å². The first-order valence-electron chi connectivity index (χ1n) is 6.85. The third-order valence-corrected chi connectivity index (χ3v) is 3.38. The van der Waals surface area contributed by atoms with Gasteiger partial charge in [0.15, 0.2) is 0 Å². The highest BCUT2D eigenvalue weighted by atomic mass is 19.1. The summed E-state index contributed by atoms with van der Waals surface area (Å²) in [6.07, 6.45) is 2.39. The largest absolute Gasteiger partial charge is 0.354 e. The van der Waals surface area contributed by atoms with Crippen molar-refractivity contribution in [2.75, 3.05) is 13.1 Å². The summed E-state index contributed by atoms with van der Waals surface area (Å²) in [7, 11) is 0. The summed E-state index contributed by atoms with van der Waals surface area (Å²) in [5, 5.41) is 2.73. The molecule has 108 valence electrons. The minimum absolute atomic E-state index is 0.0725. The summed E-state index contributed by atoms with van der Waals surface area (Å²) in [6.45, 7) is 1.94. The quantitative estimate of drug-likeness (QED) is 0.857. The monoisotopic (exact) mass is 278 g/mol. The van der Waals surface area contributed by atoms with E-state index in [0.717, 1.165) is 12.8 Å². The van der Waals surface area contributed by atoms with Gasteiger partial charge in [0.2, 0.25) is 11.8 Å². The second-order valence-electron chi connectivity index (χ2n) is 5.07. The highest BCUT2D eigenvalue weighted by molar-refractivity contribution is 5.84. The number of hydrogen-bond donors (Lipinski definition) is 1. The Bertz CT molecular complexity index is 500. The van der Waals surface area contributed by atoms with Crippen LogP contribution in [0.25, 0.3) is 0 Å². The van der Waals surface area contributed by atoms with Crippen molar-refractivity contribution in [3.8, 4) is 0 Å². The Kier molecular flexibility index (Phi) is 4.71. The number of benzene rings is 1. The van der Waals surface area contributed by atoms with Gasteiger partial charge in [0.05, 0.1) is 6.54 Å². The van der Waals surface area contributed by atoms with Gasteiger partial charge in [-0.3, -0.25) is 9.59 Å². The summed E-state index contributed by atoms with van der Waals surface area (Å²) >= 11 is 0. The molecule has 1 saturated carbocycles. The summed E-state index contributed by atoms with van der Waals surface area (Å²) < 4.78 is 13.4. The Hall–Kier alpha value is -1.91. The van der Waals surface area contributed by atoms with Crippen LogP contribution in [0.1, 0.15) is 25.3 Å². The number of rotatable bonds is 6. The van der Waals surface area contributed by atoms with Crippen molar-refractivity contribution in [1.82, 2.24) is 10.2 Å². The van der Waals surface area contributed by atoms with Gasteiger partial charge in [-0.15, -0.1) is 0 Å². The number of amides is 2. The predicted octanol–water partition coefficient (Wildman–Crippen LogP) is 1.50. The molecule has 1 aliphatic rings. The van der Waals surface area contributed by atoms with Crippen LogP contribution in [0.2, 0.25) is 0 Å². The number of carbonyl (C=O) groups excluding carboxylic acids is 2. The summed E-state index contributed by atoms with van der Waals surface area (Å²) in [5.74, 6) is -0.523. The normalized spacial score (nSPS) is 13.9. The first-order valence-corrected chi connectivity index (χ1v) is 6.85. The Morgan fingerprint density at radius 2 is 2.05 bits per heavy atom. The molecule has 2 amide bonds. The lowest BCUT2D eigenvalue weighted by Crippen LogP contribution is -2.41. The van der Waals surface area contributed by atoms with Crippen molar-refractivity contribution in [3.63, 3.8) is 0 Å². The lowest BCUT2D eigenvalue weighted by molar-refractivity contribution is -0.134. The fourth-order valence-electron chi connectivity index (χ4n) is 2.13. The minimum Gasteiger partial charge on any atom is -0.354 e. The highest BCUT2D eigenvalue weighted by Crippen LogP contribution is 2.26. The first-order chi connectivity index (χ1) is 9.58. The van der Waals surface area contributed by atoms with E-state index in [9.17, 15) is 14.0 Å². The average Bonchev–Trinajstić information content (AvgIpc) is 3.22. The van der Waals surface area contributed by atoms with Crippen molar-refractivity contribution >= 4 is 11.8 Å². The van der Waals surface area contributed by atoms with Gasteiger partial charge in [0.25, 0.3) is 0 Å². The van der Waals surface area contributed by atoms with E-state index in [-0.39, 0.29) is 30.2 Å². The molecule has 0 spiro atoms. The molecular weight excluding hydrogens is 259 g/mol. The number of nitrogens with one attached hydrogen (secondary N) is 1. The van der Waals surface area contributed by atoms with Crippen LogP contribution >= 0.6 is 0 Å². The molecule has 1 aliphatic carbocycles. The lowest BCUT2D eigenvalue weighted by atomic mass is 10.1. The molecule has 2 rings (SSSR count). The van der Waals surface area contributed by atoms with E-state index in [1.54, 1.807) is 23.1 Å². The molecule has 1 aromatic rings. The van der Waals surface area contributed by atoms with Crippen LogP contribution in [-0.2, 0) is 16.0 Å². The van der Waals surface area contributed by atoms with E-state index in [1.165, 1.54) is 13.0 Å². The molecule has 0 heterocycles. The molecule has 0 unspecified atom stereocenters. The van der Waals surface area contributed by atoms with E-state index >= 15 is 0 Å². The van der Waals surface area contributed by atoms with Crippen LogP contribution < -0.4 is 5.32 Å². The van der Waals surface area contributed by atoms with Crippen molar-refractivity contribution in [2.24, 2.45) is 0 Å². The van der Waals surface area contributed by atoms with Gasteiger partial charge in [-0.05, 0) is 30.9 Å². The Balaban J connectivity index is 1.75. The Morgan fingerprint density at radius 1 is 1.35 bits per heavy atom. The molecule has 0 saturated heterocycles. The number of carbonyl (C=O) groups is 2. The van der Waals surface area contributed by atoms with E-state index in [4.69, 9.17) is 0 Å². The zero-order chi connectivity index (χ0) is 14.5. The smallest absolute Gasteiger partial charge is 0.239 e. The summed E-state index contributed by atoms with van der Waals surface area (Å²) in [6, 6.07) is 6.74. The first kappa shape index (κ1) is 14.5. The van der Waals surface area contributed by atoms with Crippen LogP contribution in [-0.4, -0.2) is 35.8 Å². The van der Waals surface area contributed by atoms with E-state index in [0.29, 0.717) is 18.5 Å². The average molecular weight is 278 g/mol. The molecule has 0 aliphatic heterocycles. The van der Waals surface area contributed by atoms with Gasteiger partial charge >= 0.3 is 0 Å². The topological polar surface area (TPSA) is 49.4 Å². The van der Waals surface area contributed by atoms with Gasteiger partial charge in [-0.1, -0.05) is 18.2 Å². The molecular formula is C15H19FN2O2. The summed E-state index contributed by atoms with van der Waals surface area (Å²) in [5.41, 5.74) is 0.582. The number of nitrogens with zero attached hydrogens (tertiary/aromatic N) is 1. The highest BCUT2D eigenvalue weighted by Gasteiger charge is 2.31.